The standard InChI is InChI=1S/C27H19F6N5O2S2/c1-16-35-25(26(28,29)30)15-37(16)22-11-8-19(18-4-3-5-21(12-18)42(2,39)40)13-23(22)38-24(14-34-36-38)17-6-9-20(10-7-17)41-27(31,32)33/h3-15H,1-2H3. The molecule has 218 valence electrons. The molecule has 0 aliphatic heterocycles. The predicted octanol–water partition coefficient (Wildman–Crippen LogP) is 7.13. The smallest absolute Gasteiger partial charge is 0.301 e. The Morgan fingerprint density at radius 1 is 0.833 bits per heavy atom. The van der Waals surface area contributed by atoms with Crippen molar-refractivity contribution in [2.75, 3.05) is 6.26 Å². The molecular formula is C27H19F6N5O2S2. The number of aryl methyl sites for hydroxylation is 1. The summed E-state index contributed by atoms with van der Waals surface area (Å²) >= 11 is -0.268. The number of benzene rings is 3. The van der Waals surface area contributed by atoms with Gasteiger partial charge in [-0.2, -0.15) is 26.3 Å². The quantitative estimate of drug-likeness (QED) is 0.148. The van der Waals surface area contributed by atoms with Crippen molar-refractivity contribution in [1.82, 2.24) is 24.5 Å². The van der Waals surface area contributed by atoms with E-state index in [1.165, 1.54) is 58.8 Å². The van der Waals surface area contributed by atoms with Crippen LogP contribution in [0.5, 0.6) is 0 Å². The molecule has 3 aromatic carbocycles. The summed E-state index contributed by atoms with van der Waals surface area (Å²) < 4.78 is 106. The van der Waals surface area contributed by atoms with E-state index in [1.54, 1.807) is 30.3 Å². The minimum atomic E-state index is -4.70. The van der Waals surface area contributed by atoms with E-state index < -0.39 is 27.2 Å². The number of halogens is 6. The maximum Gasteiger partial charge on any atom is 0.446 e. The van der Waals surface area contributed by atoms with Crippen LogP contribution in [0.25, 0.3) is 33.8 Å². The Morgan fingerprint density at radius 3 is 2.12 bits per heavy atom. The van der Waals surface area contributed by atoms with Crippen molar-refractivity contribution in [1.29, 1.82) is 0 Å². The van der Waals surface area contributed by atoms with E-state index in [4.69, 9.17) is 0 Å². The van der Waals surface area contributed by atoms with Gasteiger partial charge < -0.3 is 4.57 Å². The topological polar surface area (TPSA) is 82.7 Å². The molecule has 0 amide bonds. The summed E-state index contributed by atoms with van der Waals surface area (Å²) in [6, 6.07) is 16.4. The lowest BCUT2D eigenvalue weighted by atomic mass is 10.0. The molecule has 0 N–H and O–H groups in total. The van der Waals surface area contributed by atoms with Crippen LogP contribution < -0.4 is 0 Å². The normalized spacial score (nSPS) is 12.6. The van der Waals surface area contributed by atoms with E-state index in [9.17, 15) is 34.8 Å². The average Bonchev–Trinajstić information content (AvgIpc) is 3.54. The van der Waals surface area contributed by atoms with Gasteiger partial charge in [-0.15, -0.1) is 5.10 Å². The van der Waals surface area contributed by atoms with E-state index in [2.05, 4.69) is 15.3 Å². The van der Waals surface area contributed by atoms with Crippen molar-refractivity contribution in [3.63, 3.8) is 0 Å². The molecular weight excluding hydrogens is 604 g/mol. The van der Waals surface area contributed by atoms with Gasteiger partial charge in [-0.05, 0) is 66.2 Å². The van der Waals surface area contributed by atoms with E-state index >= 15 is 0 Å². The summed E-state index contributed by atoms with van der Waals surface area (Å²) in [5, 5.41) is 8.09. The molecule has 7 nitrogen and oxygen atoms in total. The van der Waals surface area contributed by atoms with Gasteiger partial charge in [0.25, 0.3) is 0 Å². The highest BCUT2D eigenvalue weighted by Crippen LogP contribution is 2.38. The molecule has 0 aliphatic rings. The average molecular weight is 624 g/mol. The highest BCUT2D eigenvalue weighted by Gasteiger charge is 2.35. The molecule has 0 spiro atoms. The zero-order valence-electron chi connectivity index (χ0n) is 21.6. The van der Waals surface area contributed by atoms with Crippen molar-refractivity contribution >= 4 is 21.6 Å². The van der Waals surface area contributed by atoms with Crippen molar-refractivity contribution in [3.05, 3.63) is 90.6 Å². The van der Waals surface area contributed by atoms with E-state index in [0.29, 0.717) is 22.4 Å². The molecule has 0 fully saturated rings. The third-order valence-corrected chi connectivity index (χ3v) is 8.01. The number of alkyl halides is 6. The first-order valence-corrected chi connectivity index (χ1v) is 14.7. The molecule has 2 heterocycles. The highest BCUT2D eigenvalue weighted by atomic mass is 32.2. The molecule has 0 atom stereocenters. The fourth-order valence-corrected chi connectivity index (χ4v) is 5.48. The molecule has 5 aromatic rings. The van der Waals surface area contributed by atoms with E-state index in [1.807, 2.05) is 0 Å². The molecule has 42 heavy (non-hydrogen) atoms. The zero-order valence-corrected chi connectivity index (χ0v) is 23.3. The number of rotatable bonds is 6. The van der Waals surface area contributed by atoms with Crippen molar-refractivity contribution in [2.24, 2.45) is 0 Å². The molecule has 5 rings (SSSR count). The summed E-state index contributed by atoms with van der Waals surface area (Å²) in [5.74, 6) is 0.0330. The Bertz CT molecular complexity index is 1880. The summed E-state index contributed by atoms with van der Waals surface area (Å²) in [6.45, 7) is 1.40. The van der Waals surface area contributed by atoms with Gasteiger partial charge in [-0.25, -0.2) is 18.1 Å². The first kappa shape index (κ1) is 29.4. The third-order valence-electron chi connectivity index (χ3n) is 6.16. The van der Waals surface area contributed by atoms with Crippen molar-refractivity contribution in [3.8, 4) is 33.8 Å². The Kier molecular flexibility index (Phi) is 7.43. The van der Waals surface area contributed by atoms with Gasteiger partial charge in [0, 0.05) is 22.9 Å². The van der Waals surface area contributed by atoms with Crippen LogP contribution in [0.4, 0.5) is 26.3 Å². The summed E-state index contributed by atoms with van der Waals surface area (Å²) in [4.78, 5) is 3.69. The number of hydrogen-bond acceptors (Lipinski definition) is 6. The number of hydrogen-bond donors (Lipinski definition) is 0. The lowest BCUT2D eigenvalue weighted by Gasteiger charge is -2.16. The minimum Gasteiger partial charge on any atom is -0.301 e. The highest BCUT2D eigenvalue weighted by molar-refractivity contribution is 8.00. The van der Waals surface area contributed by atoms with Crippen LogP contribution in [0.3, 0.4) is 0 Å². The summed E-state index contributed by atoms with van der Waals surface area (Å²) in [7, 11) is -3.53. The van der Waals surface area contributed by atoms with Crippen LogP contribution in [0, 0.1) is 6.92 Å². The first-order chi connectivity index (χ1) is 19.6. The summed E-state index contributed by atoms with van der Waals surface area (Å²) in [5.41, 5.74) is -3.25. The lowest BCUT2D eigenvalue weighted by molar-refractivity contribution is -0.141. The Morgan fingerprint density at radius 2 is 1.50 bits per heavy atom. The van der Waals surface area contributed by atoms with E-state index in [0.717, 1.165) is 12.5 Å². The summed E-state index contributed by atoms with van der Waals surface area (Å²) in [6.07, 6.45) is -1.41. The fraction of sp³-hybridized carbons (Fsp3) is 0.148. The van der Waals surface area contributed by atoms with Gasteiger partial charge in [-0.1, -0.05) is 35.5 Å². The number of sulfone groups is 1. The van der Waals surface area contributed by atoms with Gasteiger partial charge in [0.1, 0.15) is 5.82 Å². The van der Waals surface area contributed by atoms with Crippen LogP contribution in [0.1, 0.15) is 11.5 Å². The maximum absolute atomic E-state index is 13.5. The first-order valence-electron chi connectivity index (χ1n) is 12.0. The molecule has 0 aliphatic carbocycles. The Hall–Kier alpha value is -4.11. The van der Waals surface area contributed by atoms with Gasteiger partial charge in [0.15, 0.2) is 15.5 Å². The minimum absolute atomic E-state index is 0.0330. The van der Waals surface area contributed by atoms with Crippen molar-refractivity contribution in [2.45, 2.75) is 28.4 Å². The van der Waals surface area contributed by atoms with Crippen LogP contribution in [-0.4, -0.2) is 44.7 Å². The molecule has 0 bridgehead atoms. The van der Waals surface area contributed by atoms with Crippen LogP contribution in [-0.2, 0) is 16.0 Å². The SMILES string of the molecule is Cc1nc(C(F)(F)F)cn1-c1ccc(-c2cccc(S(C)(=O)=O)c2)cc1-n1nncc1-c1ccc(SC(F)(F)F)cc1. The lowest BCUT2D eigenvalue weighted by Crippen LogP contribution is -2.07. The van der Waals surface area contributed by atoms with E-state index in [-0.39, 0.29) is 38.8 Å². The number of thioether (sulfide) groups is 1. The number of aromatic nitrogens is 5. The van der Waals surface area contributed by atoms with Gasteiger partial charge >= 0.3 is 11.7 Å². The fourth-order valence-electron chi connectivity index (χ4n) is 4.27. The second kappa shape index (κ2) is 10.6. The maximum atomic E-state index is 13.5. The van der Waals surface area contributed by atoms with Gasteiger partial charge in [-0.3, -0.25) is 0 Å². The van der Waals surface area contributed by atoms with Crippen LogP contribution in [0.2, 0.25) is 0 Å². The largest absolute Gasteiger partial charge is 0.446 e. The number of imidazole rings is 1. The second-order valence-corrected chi connectivity index (χ2v) is 12.3. The second-order valence-electron chi connectivity index (χ2n) is 9.15. The molecule has 15 heteroatoms. The third kappa shape index (κ3) is 6.21. The predicted molar refractivity (Wildman–Crippen MR) is 144 cm³/mol. The Labute approximate surface area is 239 Å². The molecule has 0 radical (unpaired) electrons. The molecule has 2 aromatic heterocycles. The molecule has 0 saturated heterocycles. The molecule has 0 unspecified atom stereocenters. The number of nitrogens with zero attached hydrogens (tertiary/aromatic N) is 5. The van der Waals surface area contributed by atoms with Crippen LogP contribution in [0.15, 0.2) is 88.9 Å². The monoisotopic (exact) mass is 623 g/mol. The molecule has 0 saturated carbocycles. The van der Waals surface area contributed by atoms with Crippen LogP contribution >= 0.6 is 11.8 Å². The zero-order chi connectivity index (χ0) is 30.4. The van der Waals surface area contributed by atoms with Crippen molar-refractivity contribution < 1.29 is 34.8 Å². The van der Waals surface area contributed by atoms with Gasteiger partial charge in [0.2, 0.25) is 0 Å². The van der Waals surface area contributed by atoms with Gasteiger partial charge in [0.05, 0.1) is 28.2 Å². The Balaban J connectivity index is 1.69.